The van der Waals surface area contributed by atoms with Gasteiger partial charge >= 0.3 is 0 Å². The van der Waals surface area contributed by atoms with E-state index in [4.69, 9.17) is 0 Å². The van der Waals surface area contributed by atoms with Gasteiger partial charge in [-0.25, -0.2) is 17.2 Å². The first-order valence-electron chi connectivity index (χ1n) is 7.48. The molecular weight excluding hydrogens is 320 g/mol. The predicted octanol–water partition coefficient (Wildman–Crippen LogP) is 3.19. The Bertz CT molecular complexity index is 821. The van der Waals surface area contributed by atoms with E-state index < -0.39 is 21.5 Å². The van der Waals surface area contributed by atoms with Crippen LogP contribution in [0.3, 0.4) is 0 Å². The molecule has 1 heterocycles. The standard InChI is InChI=1S/C17H17F2NO2S/c18-15-7-6-14(12-16(15)19)23(21,22)11-3-9-20-10-8-13-4-1-2-5-17(13)20/h1-2,4-7,12H,3,8-11H2. The largest absolute Gasteiger partial charge is 0.371 e. The highest BCUT2D eigenvalue weighted by atomic mass is 32.2. The van der Waals surface area contributed by atoms with Crippen LogP contribution in [0.15, 0.2) is 47.4 Å². The molecule has 0 bridgehead atoms. The average molecular weight is 337 g/mol. The number of rotatable bonds is 5. The fourth-order valence-corrected chi connectivity index (χ4v) is 4.18. The summed E-state index contributed by atoms with van der Waals surface area (Å²) >= 11 is 0. The van der Waals surface area contributed by atoms with Crippen molar-refractivity contribution >= 4 is 15.5 Å². The molecule has 3 rings (SSSR count). The lowest BCUT2D eigenvalue weighted by Crippen LogP contribution is -2.23. The van der Waals surface area contributed by atoms with Crippen LogP contribution in [0.4, 0.5) is 14.5 Å². The summed E-state index contributed by atoms with van der Waals surface area (Å²) in [5, 5.41) is 0. The van der Waals surface area contributed by atoms with Crippen molar-refractivity contribution in [2.45, 2.75) is 17.7 Å². The third-order valence-corrected chi connectivity index (χ3v) is 5.87. The molecule has 2 aromatic carbocycles. The molecule has 0 radical (unpaired) electrons. The molecule has 6 heteroatoms. The third-order valence-electron chi connectivity index (χ3n) is 4.07. The topological polar surface area (TPSA) is 37.4 Å². The van der Waals surface area contributed by atoms with Gasteiger partial charge in [-0.15, -0.1) is 0 Å². The van der Waals surface area contributed by atoms with Crippen LogP contribution >= 0.6 is 0 Å². The fraction of sp³-hybridized carbons (Fsp3) is 0.294. The number of nitrogens with zero attached hydrogens (tertiary/aromatic N) is 1. The maximum absolute atomic E-state index is 13.2. The molecular formula is C17H17F2NO2S. The Kier molecular flexibility index (Phi) is 4.35. The highest BCUT2D eigenvalue weighted by molar-refractivity contribution is 7.91. The molecule has 1 aliphatic rings. The number of anilines is 1. The Hall–Kier alpha value is -1.95. The number of hydrogen-bond donors (Lipinski definition) is 0. The van der Waals surface area contributed by atoms with Gasteiger partial charge in [-0.1, -0.05) is 18.2 Å². The van der Waals surface area contributed by atoms with Gasteiger partial charge in [-0.05, 0) is 42.7 Å². The smallest absolute Gasteiger partial charge is 0.178 e. The van der Waals surface area contributed by atoms with E-state index in [2.05, 4.69) is 11.0 Å². The van der Waals surface area contributed by atoms with Gasteiger partial charge in [0.1, 0.15) is 0 Å². The summed E-state index contributed by atoms with van der Waals surface area (Å²) in [7, 11) is -3.60. The minimum Gasteiger partial charge on any atom is -0.371 e. The molecule has 0 aliphatic carbocycles. The molecule has 3 nitrogen and oxygen atoms in total. The Morgan fingerprint density at radius 2 is 1.83 bits per heavy atom. The van der Waals surface area contributed by atoms with Gasteiger partial charge in [0.25, 0.3) is 0 Å². The molecule has 0 aromatic heterocycles. The zero-order valence-electron chi connectivity index (χ0n) is 12.5. The molecule has 0 saturated heterocycles. The maximum Gasteiger partial charge on any atom is 0.178 e. The van der Waals surface area contributed by atoms with Gasteiger partial charge in [0.05, 0.1) is 10.6 Å². The predicted molar refractivity (Wildman–Crippen MR) is 85.4 cm³/mol. The first-order chi connectivity index (χ1) is 11.0. The molecule has 0 atom stereocenters. The number of para-hydroxylation sites is 1. The lowest BCUT2D eigenvalue weighted by molar-refractivity contribution is 0.504. The van der Waals surface area contributed by atoms with E-state index in [0.29, 0.717) is 13.0 Å². The number of sulfone groups is 1. The lowest BCUT2D eigenvalue weighted by atomic mass is 10.2. The second-order valence-corrected chi connectivity index (χ2v) is 7.72. The van der Waals surface area contributed by atoms with Gasteiger partial charge in [0.15, 0.2) is 21.5 Å². The minimum atomic E-state index is -3.60. The Labute approximate surface area is 134 Å². The second-order valence-electron chi connectivity index (χ2n) is 5.61. The van der Waals surface area contributed by atoms with Crippen LogP contribution in [-0.4, -0.2) is 27.3 Å². The molecule has 0 spiro atoms. The lowest BCUT2D eigenvalue weighted by Gasteiger charge is -2.19. The maximum atomic E-state index is 13.2. The molecule has 0 fully saturated rings. The van der Waals surface area contributed by atoms with Crippen molar-refractivity contribution in [3.05, 3.63) is 59.7 Å². The monoisotopic (exact) mass is 337 g/mol. The van der Waals surface area contributed by atoms with Crippen LogP contribution in [-0.2, 0) is 16.3 Å². The summed E-state index contributed by atoms with van der Waals surface area (Å²) in [4.78, 5) is 1.99. The summed E-state index contributed by atoms with van der Waals surface area (Å²) in [6, 6.07) is 10.8. The highest BCUT2D eigenvalue weighted by Crippen LogP contribution is 2.27. The van der Waals surface area contributed by atoms with Crippen molar-refractivity contribution in [2.24, 2.45) is 0 Å². The van der Waals surface area contributed by atoms with E-state index in [0.717, 1.165) is 36.9 Å². The Morgan fingerprint density at radius 1 is 1.04 bits per heavy atom. The van der Waals surface area contributed by atoms with E-state index in [1.165, 1.54) is 5.56 Å². The van der Waals surface area contributed by atoms with E-state index in [9.17, 15) is 17.2 Å². The number of hydrogen-bond acceptors (Lipinski definition) is 3. The van der Waals surface area contributed by atoms with Crippen LogP contribution in [0.5, 0.6) is 0 Å². The van der Waals surface area contributed by atoms with Crippen LogP contribution in [0.25, 0.3) is 0 Å². The normalized spacial score (nSPS) is 14.1. The number of fused-ring (bicyclic) bond motifs is 1. The van der Waals surface area contributed by atoms with Crippen molar-refractivity contribution < 1.29 is 17.2 Å². The highest BCUT2D eigenvalue weighted by Gasteiger charge is 2.20. The zero-order chi connectivity index (χ0) is 16.4. The number of benzene rings is 2. The van der Waals surface area contributed by atoms with Crippen molar-refractivity contribution in [1.82, 2.24) is 0 Å². The fourth-order valence-electron chi connectivity index (χ4n) is 2.87. The van der Waals surface area contributed by atoms with Crippen molar-refractivity contribution in [3.63, 3.8) is 0 Å². The minimum absolute atomic E-state index is 0.0866. The van der Waals surface area contributed by atoms with Crippen LogP contribution in [0, 0.1) is 11.6 Å². The zero-order valence-corrected chi connectivity index (χ0v) is 13.3. The van der Waals surface area contributed by atoms with E-state index >= 15 is 0 Å². The van der Waals surface area contributed by atoms with E-state index in [1.807, 2.05) is 18.2 Å². The molecule has 1 aliphatic heterocycles. The van der Waals surface area contributed by atoms with Crippen molar-refractivity contribution in [2.75, 3.05) is 23.7 Å². The molecule has 0 unspecified atom stereocenters. The number of halogens is 2. The van der Waals surface area contributed by atoms with Crippen molar-refractivity contribution in [3.8, 4) is 0 Å². The van der Waals surface area contributed by atoms with E-state index in [-0.39, 0.29) is 10.6 Å². The SMILES string of the molecule is O=S(=O)(CCCN1CCc2ccccc21)c1ccc(F)c(F)c1. The summed E-state index contributed by atoms with van der Waals surface area (Å²) < 4.78 is 50.5. The van der Waals surface area contributed by atoms with Crippen LogP contribution < -0.4 is 4.90 Å². The van der Waals surface area contributed by atoms with Gasteiger partial charge in [0.2, 0.25) is 0 Å². The first-order valence-corrected chi connectivity index (χ1v) is 9.13. The molecule has 0 amide bonds. The van der Waals surface area contributed by atoms with Gasteiger partial charge in [-0.2, -0.15) is 0 Å². The Balaban J connectivity index is 1.63. The summed E-state index contributed by atoms with van der Waals surface area (Å²) in [5.41, 5.74) is 2.42. The van der Waals surface area contributed by atoms with E-state index in [1.54, 1.807) is 0 Å². The summed E-state index contributed by atoms with van der Waals surface area (Å²) in [6.45, 7) is 1.50. The van der Waals surface area contributed by atoms with Crippen LogP contribution in [0.1, 0.15) is 12.0 Å². The Morgan fingerprint density at radius 3 is 2.61 bits per heavy atom. The summed E-state index contributed by atoms with van der Waals surface area (Å²) in [5.74, 6) is -2.27. The van der Waals surface area contributed by atoms with Gasteiger partial charge < -0.3 is 4.90 Å². The molecule has 0 N–H and O–H groups in total. The van der Waals surface area contributed by atoms with Crippen LogP contribution in [0.2, 0.25) is 0 Å². The summed E-state index contributed by atoms with van der Waals surface area (Å²) in [6.07, 6.45) is 1.40. The molecule has 122 valence electrons. The second kappa shape index (κ2) is 6.28. The third kappa shape index (κ3) is 3.37. The van der Waals surface area contributed by atoms with Gasteiger partial charge in [-0.3, -0.25) is 0 Å². The molecule has 0 saturated carbocycles. The van der Waals surface area contributed by atoms with Crippen molar-refractivity contribution in [1.29, 1.82) is 0 Å². The quantitative estimate of drug-likeness (QED) is 0.787. The average Bonchev–Trinajstić information content (AvgIpc) is 2.93. The molecule has 23 heavy (non-hydrogen) atoms. The first kappa shape index (κ1) is 15.9. The van der Waals surface area contributed by atoms with Gasteiger partial charge in [0, 0.05) is 18.8 Å². The molecule has 2 aromatic rings.